The third-order valence-corrected chi connectivity index (χ3v) is 2.55. The van der Waals surface area contributed by atoms with Gasteiger partial charge in [-0.25, -0.2) is 0 Å². The molecular weight excluding hydrogens is 190 g/mol. The van der Waals surface area contributed by atoms with E-state index >= 15 is 0 Å². The van der Waals surface area contributed by atoms with Crippen LogP contribution < -0.4 is 15.5 Å². The fourth-order valence-corrected chi connectivity index (χ4v) is 1.78. The van der Waals surface area contributed by atoms with Crippen LogP contribution in [-0.4, -0.2) is 32.6 Å². The molecule has 0 atom stereocenters. The average Bonchev–Trinajstić information content (AvgIpc) is 2.31. The molecule has 1 fully saturated rings. The number of carbonyl (C=O) groups excluding carboxylic acids is 1. The van der Waals surface area contributed by atoms with Gasteiger partial charge in [0, 0.05) is 37.6 Å². The van der Waals surface area contributed by atoms with Crippen LogP contribution in [-0.2, 0) is 4.79 Å². The second-order valence-corrected chi connectivity index (χ2v) is 3.55. The molecule has 1 amide bonds. The monoisotopic (exact) mass is 205 g/mol. The lowest BCUT2D eigenvalue weighted by atomic mass is 10.2. The molecule has 0 spiro atoms. The maximum atomic E-state index is 10.3. The molecule has 1 heterocycles. The number of amides is 1. The van der Waals surface area contributed by atoms with Crippen LogP contribution in [0.1, 0.15) is 0 Å². The zero-order chi connectivity index (χ0) is 10.5. The number of benzene rings is 1. The highest BCUT2D eigenvalue weighted by atomic mass is 16.1. The van der Waals surface area contributed by atoms with Crippen LogP contribution in [0.5, 0.6) is 0 Å². The van der Waals surface area contributed by atoms with Crippen molar-refractivity contribution in [2.75, 3.05) is 36.4 Å². The molecule has 80 valence electrons. The van der Waals surface area contributed by atoms with Crippen molar-refractivity contribution >= 4 is 17.8 Å². The summed E-state index contributed by atoms with van der Waals surface area (Å²) >= 11 is 0. The summed E-state index contributed by atoms with van der Waals surface area (Å²) in [5.74, 6) is 0. The van der Waals surface area contributed by atoms with Gasteiger partial charge in [-0.1, -0.05) is 6.07 Å². The number of nitrogens with zero attached hydrogens (tertiary/aromatic N) is 1. The van der Waals surface area contributed by atoms with Gasteiger partial charge in [-0.05, 0) is 18.2 Å². The van der Waals surface area contributed by atoms with Crippen LogP contribution in [0.4, 0.5) is 11.4 Å². The molecule has 1 aliphatic heterocycles. The summed E-state index contributed by atoms with van der Waals surface area (Å²) in [6.45, 7) is 4.08. The van der Waals surface area contributed by atoms with Crippen molar-refractivity contribution in [2.45, 2.75) is 0 Å². The van der Waals surface area contributed by atoms with Gasteiger partial charge in [0.1, 0.15) is 0 Å². The largest absolute Gasteiger partial charge is 0.369 e. The molecule has 0 aromatic heterocycles. The highest BCUT2D eigenvalue weighted by Crippen LogP contribution is 2.19. The number of anilines is 2. The van der Waals surface area contributed by atoms with Crippen LogP contribution >= 0.6 is 0 Å². The van der Waals surface area contributed by atoms with Crippen LogP contribution in [0, 0.1) is 0 Å². The molecule has 0 aliphatic carbocycles. The van der Waals surface area contributed by atoms with Gasteiger partial charge < -0.3 is 15.5 Å². The Balaban J connectivity index is 2.12. The zero-order valence-corrected chi connectivity index (χ0v) is 8.57. The predicted octanol–water partition coefficient (Wildman–Crippen LogP) is 0.664. The summed E-state index contributed by atoms with van der Waals surface area (Å²) < 4.78 is 0. The van der Waals surface area contributed by atoms with E-state index in [4.69, 9.17) is 0 Å². The standard InChI is InChI=1S/C11H15N3O/c15-9-13-10-2-1-3-11(8-10)14-6-4-12-5-7-14/h1-3,8-9,12H,4-7H2,(H,13,15). The van der Waals surface area contributed by atoms with Crippen molar-refractivity contribution in [1.82, 2.24) is 5.32 Å². The second kappa shape index (κ2) is 4.79. The molecule has 0 saturated carbocycles. The summed E-state index contributed by atoms with van der Waals surface area (Å²) in [5, 5.41) is 5.97. The molecule has 1 aromatic carbocycles. The topological polar surface area (TPSA) is 44.4 Å². The third kappa shape index (κ3) is 2.47. The minimum Gasteiger partial charge on any atom is -0.369 e. The summed E-state index contributed by atoms with van der Waals surface area (Å²) in [6, 6.07) is 7.92. The molecule has 2 N–H and O–H groups in total. The van der Waals surface area contributed by atoms with Crippen LogP contribution in [0.15, 0.2) is 24.3 Å². The minimum atomic E-state index is 0.705. The molecule has 1 saturated heterocycles. The number of piperazine rings is 1. The van der Waals surface area contributed by atoms with Crippen molar-refractivity contribution in [2.24, 2.45) is 0 Å². The van der Waals surface area contributed by atoms with E-state index in [1.165, 1.54) is 5.69 Å². The van der Waals surface area contributed by atoms with E-state index in [9.17, 15) is 4.79 Å². The molecule has 2 rings (SSSR count). The maximum absolute atomic E-state index is 10.3. The van der Waals surface area contributed by atoms with E-state index in [0.29, 0.717) is 6.41 Å². The van der Waals surface area contributed by atoms with Crippen molar-refractivity contribution in [3.63, 3.8) is 0 Å². The second-order valence-electron chi connectivity index (χ2n) is 3.55. The van der Waals surface area contributed by atoms with Crippen molar-refractivity contribution in [3.8, 4) is 0 Å². The first-order valence-electron chi connectivity index (χ1n) is 5.16. The van der Waals surface area contributed by atoms with E-state index in [0.717, 1.165) is 31.9 Å². The van der Waals surface area contributed by atoms with Gasteiger partial charge in [-0.3, -0.25) is 4.79 Å². The molecule has 4 nitrogen and oxygen atoms in total. The summed E-state index contributed by atoms with van der Waals surface area (Å²) in [6.07, 6.45) is 0.705. The highest BCUT2D eigenvalue weighted by molar-refractivity contribution is 5.73. The molecule has 1 aromatic rings. The van der Waals surface area contributed by atoms with Crippen LogP contribution in [0.25, 0.3) is 0 Å². The Morgan fingerprint density at radius 2 is 2.13 bits per heavy atom. The summed E-state index contributed by atoms with van der Waals surface area (Å²) in [7, 11) is 0. The first-order chi connectivity index (χ1) is 7.40. The van der Waals surface area contributed by atoms with E-state index in [-0.39, 0.29) is 0 Å². The Hall–Kier alpha value is -1.55. The third-order valence-electron chi connectivity index (χ3n) is 2.55. The lowest BCUT2D eigenvalue weighted by molar-refractivity contribution is -0.105. The van der Waals surface area contributed by atoms with Gasteiger partial charge in [0.2, 0.25) is 6.41 Å². The Bertz CT molecular complexity index is 334. The zero-order valence-electron chi connectivity index (χ0n) is 8.57. The van der Waals surface area contributed by atoms with Crippen LogP contribution in [0.3, 0.4) is 0 Å². The van der Waals surface area contributed by atoms with Gasteiger partial charge in [-0.2, -0.15) is 0 Å². The highest BCUT2D eigenvalue weighted by Gasteiger charge is 2.09. The predicted molar refractivity (Wildman–Crippen MR) is 61.2 cm³/mol. The number of hydrogen-bond acceptors (Lipinski definition) is 3. The van der Waals surface area contributed by atoms with Crippen molar-refractivity contribution in [3.05, 3.63) is 24.3 Å². The number of hydrogen-bond donors (Lipinski definition) is 2. The lowest BCUT2D eigenvalue weighted by Gasteiger charge is -2.29. The Morgan fingerprint density at radius 1 is 1.33 bits per heavy atom. The molecule has 0 unspecified atom stereocenters. The summed E-state index contributed by atoms with van der Waals surface area (Å²) in [4.78, 5) is 12.6. The van der Waals surface area contributed by atoms with Gasteiger partial charge in [0.15, 0.2) is 0 Å². The average molecular weight is 205 g/mol. The maximum Gasteiger partial charge on any atom is 0.211 e. The molecule has 4 heteroatoms. The van der Waals surface area contributed by atoms with Crippen LogP contribution in [0.2, 0.25) is 0 Å². The van der Waals surface area contributed by atoms with Gasteiger partial charge in [0.25, 0.3) is 0 Å². The Kier molecular flexibility index (Phi) is 3.19. The number of rotatable bonds is 3. The SMILES string of the molecule is O=CNc1cccc(N2CCNCC2)c1. The molecule has 1 aliphatic rings. The Labute approximate surface area is 89.3 Å². The van der Waals surface area contributed by atoms with Gasteiger partial charge in [0.05, 0.1) is 0 Å². The van der Waals surface area contributed by atoms with E-state index < -0.39 is 0 Å². The Morgan fingerprint density at radius 3 is 2.87 bits per heavy atom. The summed E-state index contributed by atoms with van der Waals surface area (Å²) in [5.41, 5.74) is 2.02. The fourth-order valence-electron chi connectivity index (χ4n) is 1.78. The first-order valence-corrected chi connectivity index (χ1v) is 5.16. The smallest absolute Gasteiger partial charge is 0.211 e. The number of nitrogens with one attached hydrogen (secondary N) is 2. The van der Waals surface area contributed by atoms with E-state index in [2.05, 4.69) is 21.6 Å². The fraction of sp³-hybridized carbons (Fsp3) is 0.364. The van der Waals surface area contributed by atoms with Crippen molar-refractivity contribution in [1.29, 1.82) is 0 Å². The molecular formula is C11H15N3O. The van der Waals surface area contributed by atoms with E-state index in [1.807, 2.05) is 18.2 Å². The first kappa shape index (κ1) is 9.98. The quantitative estimate of drug-likeness (QED) is 0.713. The normalized spacial score (nSPS) is 16.1. The number of carbonyl (C=O) groups is 1. The molecule has 0 bridgehead atoms. The van der Waals surface area contributed by atoms with Gasteiger partial charge in [-0.15, -0.1) is 0 Å². The van der Waals surface area contributed by atoms with E-state index in [1.54, 1.807) is 0 Å². The van der Waals surface area contributed by atoms with Crippen molar-refractivity contribution < 1.29 is 4.79 Å². The lowest BCUT2D eigenvalue weighted by Crippen LogP contribution is -2.43. The molecule has 0 radical (unpaired) electrons. The van der Waals surface area contributed by atoms with Gasteiger partial charge >= 0.3 is 0 Å². The minimum absolute atomic E-state index is 0.705. The molecule has 15 heavy (non-hydrogen) atoms.